The SMILES string of the molecule is COc1c(F)cccc1Nc1c(-c2ccncc2OC[C@]2(C)CCO2)[nH]c2c1C(=O)NCC2. The number of carbonyl (C=O) groups is 1. The molecule has 4 heterocycles. The molecule has 33 heavy (non-hydrogen) atoms. The smallest absolute Gasteiger partial charge is 0.255 e. The van der Waals surface area contributed by atoms with Gasteiger partial charge in [0.1, 0.15) is 18.0 Å². The molecule has 9 heteroatoms. The van der Waals surface area contributed by atoms with Crippen molar-refractivity contribution in [2.45, 2.75) is 25.4 Å². The summed E-state index contributed by atoms with van der Waals surface area (Å²) in [6.45, 7) is 3.65. The molecule has 0 spiro atoms. The summed E-state index contributed by atoms with van der Waals surface area (Å²) in [5.74, 6) is -0.0820. The van der Waals surface area contributed by atoms with Crippen LogP contribution in [0.2, 0.25) is 0 Å². The third-order valence-electron chi connectivity index (χ3n) is 6.06. The van der Waals surface area contributed by atoms with Gasteiger partial charge >= 0.3 is 0 Å². The number of fused-ring (bicyclic) bond motifs is 1. The van der Waals surface area contributed by atoms with Gasteiger partial charge in [0, 0.05) is 36.8 Å². The molecule has 1 atom stereocenters. The number of pyridine rings is 1. The number of aromatic amines is 1. The number of halogens is 1. The van der Waals surface area contributed by atoms with Crippen molar-refractivity contribution >= 4 is 17.3 Å². The first-order valence-electron chi connectivity index (χ1n) is 10.8. The van der Waals surface area contributed by atoms with Crippen molar-refractivity contribution in [3.63, 3.8) is 0 Å². The Kier molecular flexibility index (Phi) is 5.41. The molecule has 0 radical (unpaired) electrons. The van der Waals surface area contributed by atoms with Gasteiger partial charge < -0.3 is 29.8 Å². The molecule has 3 aromatic rings. The number of anilines is 2. The molecule has 1 fully saturated rings. The highest BCUT2D eigenvalue weighted by atomic mass is 19.1. The van der Waals surface area contributed by atoms with Gasteiger partial charge in [-0.2, -0.15) is 0 Å². The topological polar surface area (TPSA) is 97.5 Å². The highest BCUT2D eigenvalue weighted by Gasteiger charge is 2.35. The number of amides is 1. The van der Waals surface area contributed by atoms with Crippen molar-refractivity contribution < 1.29 is 23.4 Å². The van der Waals surface area contributed by atoms with Crippen LogP contribution < -0.4 is 20.1 Å². The van der Waals surface area contributed by atoms with Crippen molar-refractivity contribution in [1.82, 2.24) is 15.3 Å². The number of para-hydroxylation sites is 1. The first kappa shape index (κ1) is 21.3. The van der Waals surface area contributed by atoms with Crippen LogP contribution >= 0.6 is 0 Å². The molecule has 2 aliphatic heterocycles. The Morgan fingerprint density at radius 1 is 1.33 bits per heavy atom. The van der Waals surface area contributed by atoms with Gasteiger partial charge in [0.2, 0.25) is 0 Å². The largest absolute Gasteiger partial charge is 0.492 e. The Hall–Kier alpha value is -3.59. The van der Waals surface area contributed by atoms with Crippen LogP contribution in [0.15, 0.2) is 36.7 Å². The Labute approximate surface area is 190 Å². The average Bonchev–Trinajstić information content (AvgIpc) is 3.16. The monoisotopic (exact) mass is 452 g/mol. The van der Waals surface area contributed by atoms with Gasteiger partial charge in [-0.25, -0.2) is 4.39 Å². The minimum atomic E-state index is -0.500. The summed E-state index contributed by atoms with van der Waals surface area (Å²) in [5.41, 5.74) is 3.27. The highest BCUT2D eigenvalue weighted by molar-refractivity contribution is 6.06. The van der Waals surface area contributed by atoms with Gasteiger partial charge in [0.05, 0.1) is 42.5 Å². The van der Waals surface area contributed by atoms with Crippen molar-refractivity contribution in [3.8, 4) is 22.8 Å². The quantitative estimate of drug-likeness (QED) is 0.504. The molecule has 0 unspecified atom stereocenters. The predicted molar refractivity (Wildman–Crippen MR) is 121 cm³/mol. The maximum Gasteiger partial charge on any atom is 0.255 e. The minimum absolute atomic E-state index is 0.0656. The van der Waals surface area contributed by atoms with E-state index in [4.69, 9.17) is 14.2 Å². The molecule has 2 aromatic heterocycles. The van der Waals surface area contributed by atoms with E-state index in [1.807, 2.05) is 13.0 Å². The van der Waals surface area contributed by atoms with E-state index in [1.54, 1.807) is 24.5 Å². The third kappa shape index (κ3) is 3.89. The van der Waals surface area contributed by atoms with E-state index in [9.17, 15) is 9.18 Å². The second-order valence-corrected chi connectivity index (χ2v) is 8.39. The zero-order valence-electron chi connectivity index (χ0n) is 18.5. The Bertz CT molecular complexity index is 1210. The summed E-state index contributed by atoms with van der Waals surface area (Å²) < 4.78 is 31.3. The summed E-state index contributed by atoms with van der Waals surface area (Å²) in [5, 5.41) is 6.11. The average molecular weight is 452 g/mol. The molecule has 0 saturated carbocycles. The number of nitrogens with zero attached hydrogens (tertiary/aromatic N) is 1. The highest BCUT2D eigenvalue weighted by Crippen LogP contribution is 2.42. The molecule has 0 aliphatic carbocycles. The van der Waals surface area contributed by atoms with E-state index in [-0.39, 0.29) is 17.3 Å². The van der Waals surface area contributed by atoms with Gasteiger partial charge in [-0.3, -0.25) is 9.78 Å². The minimum Gasteiger partial charge on any atom is -0.492 e. The number of aromatic nitrogens is 2. The van der Waals surface area contributed by atoms with E-state index < -0.39 is 5.82 Å². The van der Waals surface area contributed by atoms with Gasteiger partial charge in [-0.05, 0) is 25.1 Å². The normalized spacial score (nSPS) is 19.3. The van der Waals surface area contributed by atoms with Crippen molar-refractivity contribution in [1.29, 1.82) is 0 Å². The number of carbonyl (C=O) groups excluding carboxylic acids is 1. The number of nitrogens with one attached hydrogen (secondary N) is 3. The zero-order chi connectivity index (χ0) is 23.0. The summed E-state index contributed by atoms with van der Waals surface area (Å²) in [6.07, 6.45) is 4.87. The molecule has 1 aromatic carbocycles. The number of ether oxygens (including phenoxy) is 3. The van der Waals surface area contributed by atoms with E-state index in [1.165, 1.54) is 13.2 Å². The standard InChI is InChI=1S/C24H25FN4O4/c1-24(8-11-33-24)13-32-18-12-26-9-6-14(18)20-21(19-16(28-20)7-10-27-23(19)30)29-17-5-3-4-15(25)22(17)31-2/h3-6,9,12,28-29H,7-8,10-11,13H2,1-2H3,(H,27,30)/t24-/m0/s1. The molecular weight excluding hydrogens is 427 g/mol. The number of benzene rings is 1. The lowest BCUT2D eigenvalue weighted by Gasteiger charge is -2.38. The second kappa shape index (κ2) is 8.40. The van der Waals surface area contributed by atoms with Crippen LogP contribution in [0, 0.1) is 5.82 Å². The Balaban J connectivity index is 1.59. The molecule has 0 bridgehead atoms. The number of rotatable bonds is 7. The fraction of sp³-hybridized carbons (Fsp3) is 0.333. The maximum atomic E-state index is 14.3. The summed E-state index contributed by atoms with van der Waals surface area (Å²) in [7, 11) is 1.40. The molecule has 3 N–H and O–H groups in total. The van der Waals surface area contributed by atoms with Crippen LogP contribution in [0.25, 0.3) is 11.3 Å². The number of methoxy groups -OCH3 is 1. The molecule has 1 amide bonds. The van der Waals surface area contributed by atoms with Crippen LogP contribution in [0.1, 0.15) is 29.4 Å². The molecule has 2 aliphatic rings. The lowest BCUT2D eigenvalue weighted by molar-refractivity contribution is -0.152. The molecule has 1 saturated heterocycles. The van der Waals surface area contributed by atoms with Gasteiger partial charge in [-0.15, -0.1) is 0 Å². The fourth-order valence-electron chi connectivity index (χ4n) is 4.15. The molecular formula is C24H25FN4O4. The first-order valence-corrected chi connectivity index (χ1v) is 10.8. The molecule has 5 rings (SSSR count). The zero-order valence-corrected chi connectivity index (χ0v) is 18.5. The van der Waals surface area contributed by atoms with Gasteiger partial charge in [0.15, 0.2) is 11.6 Å². The fourth-order valence-corrected chi connectivity index (χ4v) is 4.15. The number of hydrogen-bond acceptors (Lipinski definition) is 6. The maximum absolute atomic E-state index is 14.3. The molecule has 172 valence electrons. The van der Waals surface area contributed by atoms with E-state index in [0.29, 0.717) is 48.0 Å². The summed E-state index contributed by atoms with van der Waals surface area (Å²) >= 11 is 0. The predicted octanol–water partition coefficient (Wildman–Crippen LogP) is 3.81. The van der Waals surface area contributed by atoms with E-state index in [0.717, 1.165) is 24.3 Å². The van der Waals surface area contributed by atoms with Crippen molar-refractivity contribution in [2.24, 2.45) is 0 Å². The molecule has 8 nitrogen and oxygen atoms in total. The van der Waals surface area contributed by atoms with Crippen LogP contribution in [-0.4, -0.2) is 48.3 Å². The second-order valence-electron chi connectivity index (χ2n) is 8.39. The van der Waals surface area contributed by atoms with E-state index in [2.05, 4.69) is 20.6 Å². The van der Waals surface area contributed by atoms with Crippen LogP contribution in [0.4, 0.5) is 15.8 Å². The lowest BCUT2D eigenvalue weighted by atomic mass is 9.99. The van der Waals surface area contributed by atoms with Crippen molar-refractivity contribution in [2.75, 3.05) is 32.2 Å². The van der Waals surface area contributed by atoms with Crippen LogP contribution in [-0.2, 0) is 11.2 Å². The first-order chi connectivity index (χ1) is 16.0. The van der Waals surface area contributed by atoms with Gasteiger partial charge in [-0.1, -0.05) is 6.07 Å². The number of hydrogen-bond donors (Lipinski definition) is 3. The van der Waals surface area contributed by atoms with E-state index >= 15 is 0 Å². The third-order valence-corrected chi connectivity index (χ3v) is 6.06. The van der Waals surface area contributed by atoms with Crippen molar-refractivity contribution in [3.05, 3.63) is 53.7 Å². The lowest BCUT2D eigenvalue weighted by Crippen LogP contribution is -2.45. The number of H-pyrrole nitrogens is 1. The van der Waals surface area contributed by atoms with Gasteiger partial charge in [0.25, 0.3) is 5.91 Å². The summed E-state index contributed by atoms with van der Waals surface area (Å²) in [6, 6.07) is 6.43. The summed E-state index contributed by atoms with van der Waals surface area (Å²) in [4.78, 5) is 20.4. The van der Waals surface area contributed by atoms with Crippen LogP contribution in [0.3, 0.4) is 0 Å². The Morgan fingerprint density at radius 3 is 2.94 bits per heavy atom. The van der Waals surface area contributed by atoms with Crippen LogP contribution in [0.5, 0.6) is 11.5 Å². The Morgan fingerprint density at radius 2 is 2.18 bits per heavy atom.